The molecule has 0 saturated carbocycles. The van der Waals surface area contributed by atoms with Gasteiger partial charge in [0, 0.05) is 23.9 Å². The summed E-state index contributed by atoms with van der Waals surface area (Å²) in [6.07, 6.45) is 11.6. The van der Waals surface area contributed by atoms with E-state index in [1.54, 1.807) is 16.2 Å². The molecule has 0 aliphatic rings. The van der Waals surface area contributed by atoms with Gasteiger partial charge in [-0.3, -0.25) is 9.59 Å². The molecule has 35 heavy (non-hydrogen) atoms. The monoisotopic (exact) mass is 498 g/mol. The van der Waals surface area contributed by atoms with Crippen LogP contribution < -0.4 is 0 Å². The number of hydrogen-bond acceptors (Lipinski definition) is 3. The van der Waals surface area contributed by atoms with Crippen LogP contribution in [0.15, 0.2) is 41.8 Å². The zero-order chi connectivity index (χ0) is 25.5. The van der Waals surface area contributed by atoms with Gasteiger partial charge in [-0.15, -0.1) is 11.3 Å². The van der Waals surface area contributed by atoms with Crippen molar-refractivity contribution >= 4 is 23.2 Å². The summed E-state index contributed by atoms with van der Waals surface area (Å²) < 4.78 is 0. The first kappa shape index (κ1) is 29.1. The molecule has 2 aromatic rings. The van der Waals surface area contributed by atoms with Crippen LogP contribution in [0, 0.1) is 6.92 Å². The summed E-state index contributed by atoms with van der Waals surface area (Å²) in [5.74, 6) is 0.110. The van der Waals surface area contributed by atoms with Gasteiger partial charge in [0.25, 0.3) is 0 Å². The van der Waals surface area contributed by atoms with E-state index in [9.17, 15) is 9.59 Å². The molecule has 2 amide bonds. The molecule has 1 aromatic carbocycles. The van der Waals surface area contributed by atoms with E-state index in [1.165, 1.54) is 55.4 Å². The van der Waals surface area contributed by atoms with Gasteiger partial charge in [-0.25, -0.2) is 0 Å². The van der Waals surface area contributed by atoms with E-state index in [0.717, 1.165) is 18.4 Å². The average molecular weight is 499 g/mol. The number of amides is 2. The molecule has 0 radical (unpaired) electrons. The van der Waals surface area contributed by atoms with E-state index in [-0.39, 0.29) is 24.4 Å². The van der Waals surface area contributed by atoms with Gasteiger partial charge in [0.05, 0.1) is 13.1 Å². The molecule has 0 fully saturated rings. The van der Waals surface area contributed by atoms with Crippen LogP contribution in [0.25, 0.3) is 0 Å². The summed E-state index contributed by atoms with van der Waals surface area (Å²) >= 11 is 1.69. The standard InChI is InChI=1S/C30H46N2O2S/c1-5-6-7-8-9-10-11-12-16-19-29(33)32(25(2)3)24-30(34)31(22-27-17-14-13-15-18-27)23-28-26(4)20-21-35-28/h13-15,17-18,20-21,25H,5-12,16,19,22-24H2,1-4H3. The maximum Gasteiger partial charge on any atom is 0.242 e. The molecule has 0 N–H and O–H groups in total. The third kappa shape index (κ3) is 11.0. The summed E-state index contributed by atoms with van der Waals surface area (Å²) in [4.78, 5) is 31.4. The smallest absolute Gasteiger partial charge is 0.242 e. The average Bonchev–Trinajstić information content (AvgIpc) is 3.25. The summed E-state index contributed by atoms with van der Waals surface area (Å²) in [5, 5.41) is 2.07. The van der Waals surface area contributed by atoms with Crippen molar-refractivity contribution in [2.75, 3.05) is 6.54 Å². The number of benzene rings is 1. The zero-order valence-corrected chi connectivity index (χ0v) is 23.2. The number of hydrogen-bond donors (Lipinski definition) is 0. The number of aryl methyl sites for hydroxylation is 1. The molecule has 0 saturated heterocycles. The van der Waals surface area contributed by atoms with E-state index in [4.69, 9.17) is 0 Å². The van der Waals surface area contributed by atoms with Crippen LogP contribution in [0.2, 0.25) is 0 Å². The molecule has 1 heterocycles. The lowest BCUT2D eigenvalue weighted by Gasteiger charge is -2.30. The van der Waals surface area contributed by atoms with Crippen molar-refractivity contribution in [3.05, 3.63) is 57.8 Å². The Kier molecular flexibility index (Phi) is 13.7. The second-order valence-electron chi connectivity index (χ2n) is 9.96. The van der Waals surface area contributed by atoms with Gasteiger partial charge in [0.1, 0.15) is 0 Å². The fraction of sp³-hybridized carbons (Fsp3) is 0.600. The number of carbonyl (C=O) groups excluding carboxylic acids is 2. The van der Waals surface area contributed by atoms with Crippen LogP contribution in [0.5, 0.6) is 0 Å². The van der Waals surface area contributed by atoms with Crippen molar-refractivity contribution in [2.45, 2.75) is 111 Å². The largest absolute Gasteiger partial charge is 0.332 e. The molecule has 194 valence electrons. The maximum absolute atomic E-state index is 13.5. The first-order chi connectivity index (χ1) is 16.9. The summed E-state index contributed by atoms with van der Waals surface area (Å²) in [5.41, 5.74) is 2.31. The Morgan fingerprint density at radius 3 is 2.03 bits per heavy atom. The Morgan fingerprint density at radius 2 is 1.46 bits per heavy atom. The number of carbonyl (C=O) groups is 2. The fourth-order valence-corrected chi connectivity index (χ4v) is 5.23. The first-order valence-corrected chi connectivity index (χ1v) is 14.4. The minimum atomic E-state index is 0.00654. The highest BCUT2D eigenvalue weighted by Crippen LogP contribution is 2.20. The van der Waals surface area contributed by atoms with Gasteiger partial charge in [-0.05, 0) is 49.8 Å². The molecule has 5 heteroatoms. The minimum Gasteiger partial charge on any atom is -0.332 e. The lowest BCUT2D eigenvalue weighted by molar-refractivity contribution is -0.142. The molecule has 0 aliphatic carbocycles. The summed E-state index contributed by atoms with van der Waals surface area (Å²) in [7, 11) is 0. The van der Waals surface area contributed by atoms with Gasteiger partial charge in [0.15, 0.2) is 0 Å². The molecule has 0 bridgehead atoms. The van der Waals surface area contributed by atoms with Crippen molar-refractivity contribution in [3.8, 4) is 0 Å². The van der Waals surface area contributed by atoms with E-state index in [0.29, 0.717) is 19.5 Å². The van der Waals surface area contributed by atoms with Crippen molar-refractivity contribution in [1.29, 1.82) is 0 Å². The van der Waals surface area contributed by atoms with Gasteiger partial charge >= 0.3 is 0 Å². The Labute approximate surface area is 217 Å². The predicted molar refractivity (Wildman–Crippen MR) is 148 cm³/mol. The van der Waals surface area contributed by atoms with Crippen LogP contribution >= 0.6 is 11.3 Å². The van der Waals surface area contributed by atoms with Gasteiger partial charge in [-0.2, -0.15) is 0 Å². The van der Waals surface area contributed by atoms with Crippen LogP contribution in [0.3, 0.4) is 0 Å². The molecule has 1 aromatic heterocycles. The lowest BCUT2D eigenvalue weighted by Crippen LogP contribution is -2.45. The highest BCUT2D eigenvalue weighted by Gasteiger charge is 2.24. The Bertz CT molecular complexity index is 862. The van der Waals surface area contributed by atoms with Crippen LogP contribution in [-0.4, -0.2) is 34.2 Å². The van der Waals surface area contributed by atoms with Gasteiger partial charge in [0.2, 0.25) is 11.8 Å². The Hall–Kier alpha value is -2.14. The molecule has 0 unspecified atom stereocenters. The molecule has 0 atom stereocenters. The van der Waals surface area contributed by atoms with Gasteiger partial charge in [-0.1, -0.05) is 88.6 Å². The van der Waals surface area contributed by atoms with Crippen molar-refractivity contribution in [3.63, 3.8) is 0 Å². The Balaban J connectivity index is 1.89. The van der Waals surface area contributed by atoms with E-state index >= 15 is 0 Å². The van der Waals surface area contributed by atoms with Crippen molar-refractivity contribution < 1.29 is 9.59 Å². The molecular formula is C30H46N2O2S. The van der Waals surface area contributed by atoms with Crippen LogP contribution in [0.4, 0.5) is 0 Å². The normalized spacial score (nSPS) is 11.1. The molecule has 0 aliphatic heterocycles. The Morgan fingerprint density at radius 1 is 0.829 bits per heavy atom. The quantitative estimate of drug-likeness (QED) is 0.209. The third-order valence-corrected chi connectivity index (χ3v) is 7.62. The topological polar surface area (TPSA) is 40.6 Å². The fourth-order valence-electron chi connectivity index (χ4n) is 4.31. The van der Waals surface area contributed by atoms with Crippen molar-refractivity contribution in [2.24, 2.45) is 0 Å². The SMILES string of the molecule is CCCCCCCCCCCC(=O)N(CC(=O)N(Cc1ccccc1)Cc1sccc1C)C(C)C. The number of unbranched alkanes of at least 4 members (excludes halogenated alkanes) is 8. The number of rotatable bonds is 17. The second kappa shape index (κ2) is 16.5. The van der Waals surface area contributed by atoms with E-state index < -0.39 is 0 Å². The maximum atomic E-state index is 13.5. The van der Waals surface area contributed by atoms with Crippen LogP contribution in [0.1, 0.15) is 101 Å². The lowest BCUT2D eigenvalue weighted by atomic mass is 10.1. The molecular weight excluding hydrogens is 452 g/mol. The number of nitrogens with zero attached hydrogens (tertiary/aromatic N) is 2. The number of thiophene rings is 1. The van der Waals surface area contributed by atoms with Gasteiger partial charge < -0.3 is 9.80 Å². The predicted octanol–water partition coefficient (Wildman–Crippen LogP) is 7.74. The minimum absolute atomic E-state index is 0.00654. The molecule has 4 nitrogen and oxygen atoms in total. The second-order valence-corrected chi connectivity index (χ2v) is 11.0. The highest BCUT2D eigenvalue weighted by atomic mass is 32.1. The highest BCUT2D eigenvalue weighted by molar-refractivity contribution is 7.10. The van der Waals surface area contributed by atoms with Crippen molar-refractivity contribution in [1.82, 2.24) is 9.80 Å². The molecule has 2 rings (SSSR count). The van der Waals surface area contributed by atoms with Crippen LogP contribution in [-0.2, 0) is 22.7 Å². The first-order valence-electron chi connectivity index (χ1n) is 13.6. The third-order valence-electron chi connectivity index (χ3n) is 6.62. The molecule has 0 spiro atoms. The summed E-state index contributed by atoms with van der Waals surface area (Å²) in [6.45, 7) is 9.62. The van der Waals surface area contributed by atoms with E-state index in [1.807, 2.05) is 36.9 Å². The van der Waals surface area contributed by atoms with E-state index in [2.05, 4.69) is 37.4 Å². The summed E-state index contributed by atoms with van der Waals surface area (Å²) in [6, 6.07) is 12.2. The zero-order valence-electron chi connectivity index (χ0n) is 22.4.